The lowest BCUT2D eigenvalue weighted by Crippen LogP contribution is -2.50. The first kappa shape index (κ1) is 19.5. The van der Waals surface area contributed by atoms with E-state index in [0.717, 1.165) is 5.56 Å². The number of nitrogens with zero attached hydrogens (tertiary/aromatic N) is 2. The lowest BCUT2D eigenvalue weighted by atomic mass is 10.2. The van der Waals surface area contributed by atoms with Gasteiger partial charge in [-0.2, -0.15) is 4.31 Å². The van der Waals surface area contributed by atoms with Gasteiger partial charge >= 0.3 is 0 Å². The second-order valence-corrected chi connectivity index (χ2v) is 8.33. The van der Waals surface area contributed by atoms with Crippen LogP contribution in [0, 0.1) is 5.82 Å². The third kappa shape index (κ3) is 5.12. The molecule has 0 aromatic heterocycles. The van der Waals surface area contributed by atoms with Gasteiger partial charge in [-0.15, -0.1) is 0 Å². The zero-order valence-corrected chi connectivity index (χ0v) is 15.7. The summed E-state index contributed by atoms with van der Waals surface area (Å²) in [6, 6.07) is 14.3. The minimum absolute atomic E-state index is 0.140. The van der Waals surface area contributed by atoms with Crippen LogP contribution in [-0.4, -0.2) is 56.3 Å². The molecule has 0 radical (unpaired) electrons. The van der Waals surface area contributed by atoms with Crippen LogP contribution >= 0.6 is 0 Å². The molecule has 8 heteroatoms. The topological polar surface area (TPSA) is 69.7 Å². The molecular formula is C19H22FN3O3S. The number of piperazine rings is 1. The maximum Gasteiger partial charge on any atom is 0.243 e. The standard InChI is InChI=1S/C19H22FN3O3S/c20-17-8-6-16(7-9-17)14-21-19(24)15-22-10-12-23(13-11-22)27(25,26)18-4-2-1-3-5-18/h1-9H,10-15H2,(H,21,24). The summed E-state index contributed by atoms with van der Waals surface area (Å²) >= 11 is 0. The monoisotopic (exact) mass is 391 g/mol. The quantitative estimate of drug-likeness (QED) is 0.809. The first-order valence-electron chi connectivity index (χ1n) is 8.74. The van der Waals surface area contributed by atoms with Gasteiger partial charge in [0.15, 0.2) is 0 Å². The van der Waals surface area contributed by atoms with Crippen LogP contribution in [0.1, 0.15) is 5.56 Å². The highest BCUT2D eigenvalue weighted by molar-refractivity contribution is 7.89. The van der Waals surface area contributed by atoms with Gasteiger partial charge in [0.25, 0.3) is 0 Å². The van der Waals surface area contributed by atoms with Crippen molar-refractivity contribution in [3.63, 3.8) is 0 Å². The van der Waals surface area contributed by atoms with Gasteiger partial charge in [0, 0.05) is 32.7 Å². The van der Waals surface area contributed by atoms with Gasteiger partial charge in [-0.1, -0.05) is 30.3 Å². The molecule has 1 amide bonds. The van der Waals surface area contributed by atoms with Gasteiger partial charge in [-0.3, -0.25) is 9.69 Å². The van der Waals surface area contributed by atoms with Crippen molar-refractivity contribution in [2.24, 2.45) is 0 Å². The van der Waals surface area contributed by atoms with Crippen LogP contribution < -0.4 is 5.32 Å². The molecule has 1 aliphatic heterocycles. The lowest BCUT2D eigenvalue weighted by Gasteiger charge is -2.33. The minimum Gasteiger partial charge on any atom is -0.351 e. The third-order valence-electron chi connectivity index (χ3n) is 4.48. The Balaban J connectivity index is 1.46. The van der Waals surface area contributed by atoms with Crippen molar-refractivity contribution in [3.05, 3.63) is 66.0 Å². The van der Waals surface area contributed by atoms with Gasteiger partial charge < -0.3 is 5.32 Å². The van der Waals surface area contributed by atoms with Gasteiger partial charge in [-0.05, 0) is 29.8 Å². The van der Waals surface area contributed by atoms with Crippen LogP contribution in [0.4, 0.5) is 4.39 Å². The maximum absolute atomic E-state index is 12.9. The fourth-order valence-corrected chi connectivity index (χ4v) is 4.37. The average molecular weight is 391 g/mol. The van der Waals surface area contributed by atoms with Crippen LogP contribution in [0.15, 0.2) is 59.5 Å². The molecule has 1 N–H and O–H groups in total. The predicted octanol–water partition coefficient (Wildman–Crippen LogP) is 1.45. The molecule has 0 unspecified atom stereocenters. The number of amides is 1. The van der Waals surface area contributed by atoms with E-state index >= 15 is 0 Å². The van der Waals surface area contributed by atoms with Crippen LogP contribution in [0.2, 0.25) is 0 Å². The molecule has 2 aromatic rings. The molecule has 144 valence electrons. The number of hydrogen-bond acceptors (Lipinski definition) is 4. The maximum atomic E-state index is 12.9. The fraction of sp³-hybridized carbons (Fsp3) is 0.316. The van der Waals surface area contributed by atoms with Crippen molar-refractivity contribution in [1.82, 2.24) is 14.5 Å². The van der Waals surface area contributed by atoms with Crippen molar-refractivity contribution in [2.75, 3.05) is 32.7 Å². The van der Waals surface area contributed by atoms with Crippen LogP contribution in [-0.2, 0) is 21.4 Å². The smallest absolute Gasteiger partial charge is 0.243 e. The van der Waals surface area contributed by atoms with Crippen molar-refractivity contribution in [3.8, 4) is 0 Å². The second kappa shape index (κ2) is 8.60. The van der Waals surface area contributed by atoms with Crippen molar-refractivity contribution < 1.29 is 17.6 Å². The van der Waals surface area contributed by atoms with Crippen molar-refractivity contribution in [1.29, 1.82) is 0 Å². The Kier molecular flexibility index (Phi) is 6.20. The number of sulfonamides is 1. The molecule has 3 rings (SSSR count). The highest BCUT2D eigenvalue weighted by Crippen LogP contribution is 2.17. The van der Waals surface area contributed by atoms with E-state index in [9.17, 15) is 17.6 Å². The number of hydrogen-bond donors (Lipinski definition) is 1. The number of benzene rings is 2. The van der Waals surface area contributed by atoms with Crippen molar-refractivity contribution in [2.45, 2.75) is 11.4 Å². The fourth-order valence-electron chi connectivity index (χ4n) is 2.93. The normalized spacial score (nSPS) is 16.2. The van der Waals surface area contributed by atoms with Gasteiger partial charge in [-0.25, -0.2) is 12.8 Å². The van der Waals surface area contributed by atoms with E-state index in [1.54, 1.807) is 42.5 Å². The first-order valence-corrected chi connectivity index (χ1v) is 10.2. The molecule has 1 fully saturated rings. The van der Waals surface area contributed by atoms with Crippen LogP contribution in [0.3, 0.4) is 0 Å². The summed E-state index contributed by atoms with van der Waals surface area (Å²) in [6.07, 6.45) is 0. The zero-order valence-electron chi connectivity index (χ0n) is 14.8. The summed E-state index contributed by atoms with van der Waals surface area (Å²) < 4.78 is 39.5. The van der Waals surface area contributed by atoms with Gasteiger partial charge in [0.05, 0.1) is 11.4 Å². The molecule has 1 heterocycles. The molecule has 1 aliphatic rings. The SMILES string of the molecule is O=C(CN1CCN(S(=O)(=O)c2ccccc2)CC1)NCc1ccc(F)cc1. The van der Waals surface area contributed by atoms with E-state index in [2.05, 4.69) is 5.32 Å². The number of carbonyl (C=O) groups is 1. The van der Waals surface area contributed by atoms with E-state index in [1.165, 1.54) is 16.4 Å². The minimum atomic E-state index is -3.49. The molecule has 0 bridgehead atoms. The molecule has 27 heavy (non-hydrogen) atoms. The van der Waals surface area contributed by atoms with Gasteiger partial charge in [0.1, 0.15) is 5.82 Å². The Labute approximate surface area is 158 Å². The van der Waals surface area contributed by atoms with E-state index in [1.807, 2.05) is 4.90 Å². The Morgan fingerprint density at radius 1 is 0.963 bits per heavy atom. The highest BCUT2D eigenvalue weighted by Gasteiger charge is 2.28. The second-order valence-electron chi connectivity index (χ2n) is 6.40. The highest BCUT2D eigenvalue weighted by atomic mass is 32.2. The summed E-state index contributed by atoms with van der Waals surface area (Å²) in [5, 5.41) is 2.80. The Bertz CT molecular complexity index is 865. The Morgan fingerprint density at radius 3 is 2.22 bits per heavy atom. The largest absolute Gasteiger partial charge is 0.351 e. The molecule has 0 saturated carbocycles. The van der Waals surface area contributed by atoms with Gasteiger partial charge in [0.2, 0.25) is 15.9 Å². The number of carbonyl (C=O) groups excluding carboxylic acids is 1. The molecule has 0 spiro atoms. The number of rotatable bonds is 6. The summed E-state index contributed by atoms with van der Waals surface area (Å²) in [6.45, 7) is 2.24. The molecule has 0 aliphatic carbocycles. The summed E-state index contributed by atoms with van der Waals surface area (Å²) in [5.74, 6) is -0.452. The summed E-state index contributed by atoms with van der Waals surface area (Å²) in [7, 11) is -3.49. The average Bonchev–Trinajstić information content (AvgIpc) is 2.69. The van der Waals surface area contributed by atoms with E-state index in [0.29, 0.717) is 32.7 Å². The van der Waals surface area contributed by atoms with E-state index in [4.69, 9.17) is 0 Å². The third-order valence-corrected chi connectivity index (χ3v) is 6.40. The van der Waals surface area contributed by atoms with E-state index < -0.39 is 10.0 Å². The first-order chi connectivity index (χ1) is 12.9. The Hall–Kier alpha value is -2.29. The molecule has 6 nitrogen and oxygen atoms in total. The molecular weight excluding hydrogens is 369 g/mol. The summed E-state index contributed by atoms with van der Waals surface area (Å²) in [5.41, 5.74) is 0.823. The van der Waals surface area contributed by atoms with Crippen molar-refractivity contribution >= 4 is 15.9 Å². The zero-order chi connectivity index (χ0) is 19.3. The molecule has 0 atom stereocenters. The Morgan fingerprint density at radius 2 is 1.59 bits per heavy atom. The lowest BCUT2D eigenvalue weighted by molar-refractivity contribution is -0.122. The summed E-state index contributed by atoms with van der Waals surface area (Å²) in [4.78, 5) is 14.3. The number of halogens is 1. The number of nitrogens with one attached hydrogen (secondary N) is 1. The van der Waals surface area contributed by atoms with E-state index in [-0.39, 0.29) is 23.2 Å². The predicted molar refractivity (Wildman–Crippen MR) is 99.9 cm³/mol. The van der Waals surface area contributed by atoms with Crippen LogP contribution in [0.25, 0.3) is 0 Å². The van der Waals surface area contributed by atoms with Crippen LogP contribution in [0.5, 0.6) is 0 Å². The molecule has 1 saturated heterocycles. The molecule has 2 aromatic carbocycles.